The van der Waals surface area contributed by atoms with Crippen molar-refractivity contribution in [3.8, 4) is 0 Å². The molecule has 1 amide bonds. The van der Waals surface area contributed by atoms with E-state index in [0.717, 1.165) is 44.6 Å². The quantitative estimate of drug-likeness (QED) is 0.859. The van der Waals surface area contributed by atoms with E-state index in [1.807, 2.05) is 4.90 Å². The smallest absolute Gasteiger partial charge is 0.227 e. The summed E-state index contributed by atoms with van der Waals surface area (Å²) in [5.41, 5.74) is 3.76. The van der Waals surface area contributed by atoms with Crippen molar-refractivity contribution in [3.63, 3.8) is 0 Å². The fourth-order valence-corrected chi connectivity index (χ4v) is 3.98. The molecule has 2 aliphatic rings. The number of likely N-dealkylation sites (tertiary alicyclic amines) is 1. The van der Waals surface area contributed by atoms with Gasteiger partial charge < -0.3 is 4.90 Å². The van der Waals surface area contributed by atoms with E-state index in [1.165, 1.54) is 23.3 Å². The molecule has 4 rings (SSSR count). The zero-order valence-electron chi connectivity index (χ0n) is 14.3. The predicted octanol–water partition coefficient (Wildman–Crippen LogP) is 3.03. The molecule has 2 aliphatic heterocycles. The number of hydrogen-bond donors (Lipinski definition) is 0. The van der Waals surface area contributed by atoms with E-state index in [-0.39, 0.29) is 11.7 Å². The van der Waals surface area contributed by atoms with Crippen molar-refractivity contribution in [3.05, 3.63) is 71.0 Å². The van der Waals surface area contributed by atoms with Gasteiger partial charge in [0, 0.05) is 32.2 Å². The minimum atomic E-state index is -0.261. The summed E-state index contributed by atoms with van der Waals surface area (Å²) in [7, 11) is 0. The van der Waals surface area contributed by atoms with Crippen LogP contribution in [0.3, 0.4) is 0 Å². The highest BCUT2D eigenvalue weighted by Crippen LogP contribution is 2.24. The number of halogens is 1. The van der Waals surface area contributed by atoms with E-state index in [2.05, 4.69) is 29.2 Å². The fraction of sp³-hybridized carbons (Fsp3) is 0.381. The molecule has 2 aromatic rings. The number of carbonyl (C=O) groups excluding carboxylic acids is 1. The molecule has 25 heavy (non-hydrogen) atoms. The second kappa shape index (κ2) is 6.96. The zero-order chi connectivity index (χ0) is 17.2. The second-order valence-corrected chi connectivity index (χ2v) is 7.07. The number of rotatable bonds is 3. The Morgan fingerprint density at radius 1 is 1.04 bits per heavy atom. The minimum Gasteiger partial charge on any atom is -0.341 e. The summed E-state index contributed by atoms with van der Waals surface area (Å²) in [4.78, 5) is 17.0. The Morgan fingerprint density at radius 2 is 1.80 bits per heavy atom. The van der Waals surface area contributed by atoms with Crippen LogP contribution in [0.1, 0.15) is 23.1 Å². The van der Waals surface area contributed by atoms with Crippen molar-refractivity contribution in [2.45, 2.75) is 31.8 Å². The molecule has 4 heteroatoms. The minimum absolute atomic E-state index is 0.145. The summed E-state index contributed by atoms with van der Waals surface area (Å²) in [5.74, 6) is -0.116. The van der Waals surface area contributed by atoms with Crippen molar-refractivity contribution in [2.24, 2.45) is 0 Å². The molecule has 0 spiro atoms. The normalized spacial score (nSPS) is 20.5. The van der Waals surface area contributed by atoms with Gasteiger partial charge in [-0.25, -0.2) is 4.39 Å². The van der Waals surface area contributed by atoms with Crippen molar-refractivity contribution in [1.29, 1.82) is 0 Å². The van der Waals surface area contributed by atoms with Gasteiger partial charge in [-0.05, 0) is 41.7 Å². The third-order valence-corrected chi connectivity index (χ3v) is 5.46. The lowest BCUT2D eigenvalue weighted by atomic mass is 9.98. The Hall–Kier alpha value is -2.20. The van der Waals surface area contributed by atoms with Gasteiger partial charge in [-0.3, -0.25) is 9.69 Å². The molecule has 3 nitrogen and oxygen atoms in total. The van der Waals surface area contributed by atoms with Gasteiger partial charge in [0.05, 0.1) is 6.42 Å². The van der Waals surface area contributed by atoms with Gasteiger partial charge >= 0.3 is 0 Å². The van der Waals surface area contributed by atoms with Crippen LogP contribution in [-0.2, 0) is 24.2 Å². The van der Waals surface area contributed by atoms with Crippen LogP contribution in [0, 0.1) is 5.82 Å². The monoisotopic (exact) mass is 338 g/mol. The first-order valence-electron chi connectivity index (χ1n) is 9.02. The Balaban J connectivity index is 1.35. The van der Waals surface area contributed by atoms with Gasteiger partial charge in [-0.15, -0.1) is 0 Å². The standard InChI is InChI=1S/C21H23FN2O/c22-19-7-5-16(6-8-19)13-21(25)24-12-10-20(15-24)23-11-9-17-3-1-2-4-18(17)14-23/h1-8,20H,9-15H2/t20-/m0/s1. The molecule has 1 fully saturated rings. The molecule has 0 saturated carbocycles. The Bertz CT molecular complexity index is 759. The number of nitrogens with zero attached hydrogens (tertiary/aromatic N) is 2. The first-order chi connectivity index (χ1) is 12.2. The van der Waals surface area contributed by atoms with Crippen molar-refractivity contribution >= 4 is 5.91 Å². The van der Waals surface area contributed by atoms with Gasteiger partial charge in [0.25, 0.3) is 0 Å². The summed E-state index contributed by atoms with van der Waals surface area (Å²) in [6, 6.07) is 15.3. The average molecular weight is 338 g/mol. The van der Waals surface area contributed by atoms with Gasteiger partial charge in [0.2, 0.25) is 5.91 Å². The molecule has 2 aromatic carbocycles. The number of benzene rings is 2. The van der Waals surface area contributed by atoms with Crippen molar-refractivity contribution in [2.75, 3.05) is 19.6 Å². The Morgan fingerprint density at radius 3 is 2.60 bits per heavy atom. The largest absolute Gasteiger partial charge is 0.341 e. The number of carbonyl (C=O) groups is 1. The van der Waals surface area contributed by atoms with E-state index in [4.69, 9.17) is 0 Å². The molecule has 0 radical (unpaired) electrons. The summed E-state index contributed by atoms with van der Waals surface area (Å²) >= 11 is 0. The molecule has 0 aliphatic carbocycles. The lowest BCUT2D eigenvalue weighted by Gasteiger charge is -2.33. The van der Waals surface area contributed by atoms with E-state index >= 15 is 0 Å². The second-order valence-electron chi connectivity index (χ2n) is 7.07. The van der Waals surface area contributed by atoms with E-state index in [0.29, 0.717) is 12.5 Å². The molecule has 0 unspecified atom stereocenters. The molecule has 1 atom stereocenters. The molecule has 130 valence electrons. The number of amides is 1. The third-order valence-electron chi connectivity index (χ3n) is 5.46. The number of fused-ring (bicyclic) bond motifs is 1. The molecular formula is C21H23FN2O. The summed E-state index contributed by atoms with van der Waals surface area (Å²) in [5, 5.41) is 0. The van der Waals surface area contributed by atoms with Gasteiger partial charge in [0.1, 0.15) is 5.82 Å². The lowest BCUT2D eigenvalue weighted by Crippen LogP contribution is -2.41. The van der Waals surface area contributed by atoms with Crippen LogP contribution in [0.5, 0.6) is 0 Å². The van der Waals surface area contributed by atoms with Gasteiger partial charge in [-0.1, -0.05) is 36.4 Å². The highest BCUT2D eigenvalue weighted by Gasteiger charge is 2.31. The van der Waals surface area contributed by atoms with Crippen LogP contribution in [0.15, 0.2) is 48.5 Å². The highest BCUT2D eigenvalue weighted by molar-refractivity contribution is 5.79. The molecular weight excluding hydrogens is 315 g/mol. The summed E-state index contributed by atoms with van der Waals surface area (Å²) in [6.45, 7) is 3.69. The number of hydrogen-bond acceptors (Lipinski definition) is 2. The average Bonchev–Trinajstić information content (AvgIpc) is 3.13. The SMILES string of the molecule is O=C(Cc1ccc(F)cc1)N1CC[C@H](N2CCc3ccccc3C2)C1. The topological polar surface area (TPSA) is 23.6 Å². The maximum absolute atomic E-state index is 13.0. The maximum atomic E-state index is 13.0. The van der Waals surface area contributed by atoms with Crippen LogP contribution in [-0.4, -0.2) is 41.4 Å². The maximum Gasteiger partial charge on any atom is 0.227 e. The van der Waals surface area contributed by atoms with E-state index < -0.39 is 0 Å². The first kappa shape index (κ1) is 16.3. The zero-order valence-corrected chi connectivity index (χ0v) is 14.3. The van der Waals surface area contributed by atoms with Crippen LogP contribution < -0.4 is 0 Å². The van der Waals surface area contributed by atoms with Crippen molar-refractivity contribution < 1.29 is 9.18 Å². The van der Waals surface area contributed by atoms with Gasteiger partial charge in [0.15, 0.2) is 0 Å². The lowest BCUT2D eigenvalue weighted by molar-refractivity contribution is -0.129. The summed E-state index contributed by atoms with van der Waals surface area (Å²) < 4.78 is 13.0. The fourth-order valence-electron chi connectivity index (χ4n) is 3.98. The van der Waals surface area contributed by atoms with E-state index in [9.17, 15) is 9.18 Å². The molecule has 0 bridgehead atoms. The molecule has 0 aromatic heterocycles. The Labute approximate surface area is 148 Å². The van der Waals surface area contributed by atoms with E-state index in [1.54, 1.807) is 12.1 Å². The molecule has 0 N–H and O–H groups in total. The highest BCUT2D eigenvalue weighted by atomic mass is 19.1. The molecule has 2 heterocycles. The molecule has 1 saturated heterocycles. The van der Waals surface area contributed by atoms with Crippen molar-refractivity contribution in [1.82, 2.24) is 9.80 Å². The summed E-state index contributed by atoms with van der Waals surface area (Å²) in [6.07, 6.45) is 2.49. The van der Waals surface area contributed by atoms with Crippen LogP contribution >= 0.6 is 0 Å². The van der Waals surface area contributed by atoms with Crippen LogP contribution in [0.4, 0.5) is 4.39 Å². The Kier molecular flexibility index (Phi) is 4.53. The van der Waals surface area contributed by atoms with Crippen LogP contribution in [0.25, 0.3) is 0 Å². The van der Waals surface area contributed by atoms with Crippen LogP contribution in [0.2, 0.25) is 0 Å². The third kappa shape index (κ3) is 3.59. The first-order valence-corrected chi connectivity index (χ1v) is 9.02. The predicted molar refractivity (Wildman–Crippen MR) is 95.6 cm³/mol. The van der Waals surface area contributed by atoms with Gasteiger partial charge in [-0.2, -0.15) is 0 Å².